The lowest BCUT2D eigenvalue weighted by Crippen LogP contribution is -2.31. The Morgan fingerprint density at radius 2 is 1.80 bits per heavy atom. The van der Waals surface area contributed by atoms with Gasteiger partial charge in [0.1, 0.15) is 22.4 Å². The Labute approximate surface area is 238 Å². The minimum absolute atomic E-state index is 0.0642. The van der Waals surface area contributed by atoms with Crippen molar-refractivity contribution >= 4 is 46.6 Å². The number of amides is 2. The molecule has 0 spiro atoms. The summed E-state index contributed by atoms with van der Waals surface area (Å²) in [6, 6.07) is 18.3. The summed E-state index contributed by atoms with van der Waals surface area (Å²) >= 11 is 7.14. The molecular formula is C29H23ClF3N3O3S. The van der Waals surface area contributed by atoms with Crippen LogP contribution in [-0.2, 0) is 22.2 Å². The predicted octanol–water partition coefficient (Wildman–Crippen LogP) is 7.13. The standard InChI is InChI=1S/C29H23ClF3N3O3S/c1-3-39-22-11-9-21(10-12-22)36-27(38)25(15-18-14-19(29(31,32)33)6-13-24(18)30)40-28(36)23(16-34)26(37)35-20-7-4-17(2)5-8-20/h4-14,25H,3,15H2,1-2H3,(H,35,37)/b28-23-. The van der Waals surface area contributed by atoms with Crippen LogP contribution in [0.3, 0.4) is 0 Å². The van der Waals surface area contributed by atoms with Gasteiger partial charge in [-0.1, -0.05) is 41.1 Å². The van der Waals surface area contributed by atoms with Crippen LogP contribution in [0.1, 0.15) is 23.6 Å². The third kappa shape index (κ3) is 6.43. The second-order valence-electron chi connectivity index (χ2n) is 8.83. The zero-order valence-corrected chi connectivity index (χ0v) is 23.0. The molecule has 3 aromatic carbocycles. The maximum atomic E-state index is 13.7. The molecule has 1 atom stereocenters. The molecule has 6 nitrogen and oxygen atoms in total. The molecule has 206 valence electrons. The molecule has 0 aliphatic carbocycles. The van der Waals surface area contributed by atoms with Crippen molar-refractivity contribution in [1.29, 1.82) is 5.26 Å². The Kier molecular flexibility index (Phi) is 8.76. The van der Waals surface area contributed by atoms with Gasteiger partial charge in [0.15, 0.2) is 0 Å². The molecule has 1 N–H and O–H groups in total. The number of nitrogens with one attached hydrogen (secondary N) is 1. The molecule has 1 aliphatic heterocycles. The predicted molar refractivity (Wildman–Crippen MR) is 149 cm³/mol. The molecule has 3 aromatic rings. The minimum Gasteiger partial charge on any atom is -0.494 e. The van der Waals surface area contributed by atoms with Gasteiger partial charge in [0.25, 0.3) is 5.91 Å². The Morgan fingerprint density at radius 3 is 2.40 bits per heavy atom. The minimum atomic E-state index is -4.59. The molecule has 1 aliphatic rings. The number of alkyl halides is 3. The summed E-state index contributed by atoms with van der Waals surface area (Å²) in [5.74, 6) is -0.676. The molecular weight excluding hydrogens is 563 g/mol. The Hall–Kier alpha value is -3.94. The van der Waals surface area contributed by atoms with Crippen molar-refractivity contribution in [3.8, 4) is 11.8 Å². The van der Waals surface area contributed by atoms with Crippen LogP contribution in [0.2, 0.25) is 5.02 Å². The van der Waals surface area contributed by atoms with Crippen LogP contribution < -0.4 is 15.0 Å². The van der Waals surface area contributed by atoms with Gasteiger partial charge in [-0.3, -0.25) is 14.5 Å². The van der Waals surface area contributed by atoms with Crippen molar-refractivity contribution in [3.63, 3.8) is 0 Å². The van der Waals surface area contributed by atoms with Crippen LogP contribution in [0, 0.1) is 18.3 Å². The van der Waals surface area contributed by atoms with E-state index < -0.39 is 28.8 Å². The first-order chi connectivity index (χ1) is 19.0. The van der Waals surface area contributed by atoms with Gasteiger partial charge in [0.2, 0.25) is 5.91 Å². The number of nitriles is 1. The monoisotopic (exact) mass is 585 g/mol. The van der Waals surface area contributed by atoms with E-state index in [1.54, 1.807) is 48.5 Å². The van der Waals surface area contributed by atoms with Crippen LogP contribution in [0.5, 0.6) is 5.75 Å². The number of benzene rings is 3. The number of nitrogens with zero attached hydrogens (tertiary/aromatic N) is 2. The van der Waals surface area contributed by atoms with Crippen LogP contribution in [0.4, 0.5) is 24.5 Å². The molecule has 1 heterocycles. The van der Waals surface area contributed by atoms with Gasteiger partial charge < -0.3 is 10.1 Å². The van der Waals surface area contributed by atoms with Gasteiger partial charge in [0, 0.05) is 16.4 Å². The van der Waals surface area contributed by atoms with Crippen molar-refractivity contribution in [2.24, 2.45) is 0 Å². The van der Waals surface area contributed by atoms with Crippen molar-refractivity contribution in [1.82, 2.24) is 0 Å². The van der Waals surface area contributed by atoms with E-state index in [-0.39, 0.29) is 27.6 Å². The van der Waals surface area contributed by atoms with Gasteiger partial charge in [-0.05, 0) is 80.4 Å². The summed E-state index contributed by atoms with van der Waals surface area (Å²) in [5.41, 5.74) is 0.717. The zero-order valence-electron chi connectivity index (χ0n) is 21.4. The van der Waals surface area contributed by atoms with Gasteiger partial charge in [-0.25, -0.2) is 0 Å². The summed E-state index contributed by atoms with van der Waals surface area (Å²) in [4.78, 5) is 28.1. The van der Waals surface area contributed by atoms with E-state index in [0.717, 1.165) is 35.5 Å². The highest BCUT2D eigenvalue weighted by atomic mass is 35.5. The number of halogens is 4. The number of aryl methyl sites for hydroxylation is 1. The highest BCUT2D eigenvalue weighted by molar-refractivity contribution is 8.05. The van der Waals surface area contributed by atoms with Gasteiger partial charge in [-0.2, -0.15) is 18.4 Å². The van der Waals surface area contributed by atoms with Crippen LogP contribution in [-0.4, -0.2) is 23.7 Å². The fourth-order valence-electron chi connectivity index (χ4n) is 4.02. The maximum absolute atomic E-state index is 13.7. The number of carbonyl (C=O) groups is 2. The molecule has 0 saturated carbocycles. The number of rotatable bonds is 7. The van der Waals surface area contributed by atoms with Crippen molar-refractivity contribution in [2.75, 3.05) is 16.8 Å². The molecule has 11 heteroatoms. The lowest BCUT2D eigenvalue weighted by Gasteiger charge is -2.19. The van der Waals surface area contributed by atoms with E-state index in [1.165, 1.54) is 4.90 Å². The Bertz CT molecular complexity index is 1500. The number of anilines is 2. The van der Waals surface area contributed by atoms with Gasteiger partial charge in [-0.15, -0.1) is 0 Å². The molecule has 4 rings (SSSR count). The van der Waals surface area contributed by atoms with Crippen LogP contribution in [0.15, 0.2) is 77.3 Å². The smallest absolute Gasteiger partial charge is 0.416 e. The Morgan fingerprint density at radius 1 is 1.12 bits per heavy atom. The highest BCUT2D eigenvalue weighted by Gasteiger charge is 2.41. The first-order valence-corrected chi connectivity index (χ1v) is 13.4. The summed E-state index contributed by atoms with van der Waals surface area (Å²) in [6.45, 7) is 4.14. The van der Waals surface area contributed by atoms with E-state index in [9.17, 15) is 28.0 Å². The molecule has 1 fully saturated rings. The maximum Gasteiger partial charge on any atom is 0.416 e. The SMILES string of the molecule is CCOc1ccc(N2C(=O)C(Cc3cc(C(F)(F)F)ccc3Cl)S/C2=C(/C#N)C(=O)Nc2ccc(C)cc2)cc1. The molecule has 0 radical (unpaired) electrons. The van der Waals surface area contributed by atoms with E-state index in [4.69, 9.17) is 16.3 Å². The van der Waals surface area contributed by atoms with Crippen molar-refractivity contribution < 1.29 is 27.5 Å². The lowest BCUT2D eigenvalue weighted by molar-refractivity contribution is -0.137. The first-order valence-electron chi connectivity index (χ1n) is 12.1. The second-order valence-corrected chi connectivity index (χ2v) is 10.4. The average Bonchev–Trinajstić information content (AvgIpc) is 3.22. The number of hydrogen-bond donors (Lipinski definition) is 1. The van der Waals surface area contributed by atoms with Crippen LogP contribution >= 0.6 is 23.4 Å². The first kappa shape index (κ1) is 29.1. The topological polar surface area (TPSA) is 82.4 Å². The van der Waals surface area contributed by atoms with E-state index in [2.05, 4.69) is 5.32 Å². The zero-order chi connectivity index (χ0) is 29.0. The number of hydrogen-bond acceptors (Lipinski definition) is 5. The van der Waals surface area contributed by atoms with Crippen molar-refractivity contribution in [3.05, 3.63) is 99.0 Å². The largest absolute Gasteiger partial charge is 0.494 e. The molecule has 0 bridgehead atoms. The third-order valence-electron chi connectivity index (χ3n) is 6.00. The van der Waals surface area contributed by atoms with Crippen molar-refractivity contribution in [2.45, 2.75) is 31.7 Å². The number of thioether (sulfide) groups is 1. The van der Waals surface area contributed by atoms with E-state index >= 15 is 0 Å². The normalized spacial score (nSPS) is 16.5. The third-order valence-corrected chi connectivity index (χ3v) is 7.63. The van der Waals surface area contributed by atoms with Gasteiger partial charge in [0.05, 0.1) is 17.4 Å². The van der Waals surface area contributed by atoms with Gasteiger partial charge >= 0.3 is 6.18 Å². The van der Waals surface area contributed by atoms with E-state index in [1.807, 2.05) is 19.9 Å². The Balaban J connectivity index is 1.74. The fraction of sp³-hybridized carbons (Fsp3) is 0.207. The second kappa shape index (κ2) is 12.1. The lowest BCUT2D eigenvalue weighted by atomic mass is 10.0. The van der Waals surface area contributed by atoms with Crippen LogP contribution in [0.25, 0.3) is 0 Å². The molecule has 0 aromatic heterocycles. The van der Waals surface area contributed by atoms with E-state index in [0.29, 0.717) is 23.7 Å². The summed E-state index contributed by atoms with van der Waals surface area (Å²) < 4.78 is 45.5. The number of ether oxygens (including phenoxy) is 1. The molecule has 40 heavy (non-hydrogen) atoms. The average molecular weight is 586 g/mol. The molecule has 2 amide bonds. The highest BCUT2D eigenvalue weighted by Crippen LogP contribution is 2.43. The molecule has 1 unspecified atom stereocenters. The summed E-state index contributed by atoms with van der Waals surface area (Å²) in [7, 11) is 0. The quantitative estimate of drug-likeness (QED) is 0.236. The number of carbonyl (C=O) groups excluding carboxylic acids is 2. The summed E-state index contributed by atoms with van der Waals surface area (Å²) in [5, 5.41) is 11.9. The summed E-state index contributed by atoms with van der Waals surface area (Å²) in [6.07, 6.45) is -4.74. The fourth-order valence-corrected chi connectivity index (χ4v) is 5.51. The molecule has 1 saturated heterocycles.